The monoisotopic (exact) mass is 207 g/mol. The summed E-state index contributed by atoms with van der Waals surface area (Å²) in [6.45, 7) is 6.52. The molecule has 0 spiro atoms. The summed E-state index contributed by atoms with van der Waals surface area (Å²) in [4.78, 5) is 0. The zero-order valence-corrected chi connectivity index (χ0v) is 9.52. The van der Waals surface area contributed by atoms with Crippen molar-refractivity contribution in [1.82, 2.24) is 4.57 Å². The predicted octanol–water partition coefficient (Wildman–Crippen LogP) is 3.29. The second-order valence-corrected chi connectivity index (χ2v) is 3.94. The highest BCUT2D eigenvalue weighted by molar-refractivity contribution is 5.09. The van der Waals surface area contributed by atoms with Gasteiger partial charge in [-0.2, -0.15) is 0 Å². The number of aryl methyl sites for hydroxylation is 1. The summed E-state index contributed by atoms with van der Waals surface area (Å²) < 4.78 is 2.14. The van der Waals surface area contributed by atoms with Crippen LogP contribution in [-0.2, 0) is 6.54 Å². The van der Waals surface area contributed by atoms with E-state index in [1.165, 1.54) is 19.3 Å². The van der Waals surface area contributed by atoms with Crippen molar-refractivity contribution in [3.05, 3.63) is 36.7 Å². The highest BCUT2D eigenvalue weighted by atomic mass is 16.3. The van der Waals surface area contributed by atoms with Crippen molar-refractivity contribution in [2.45, 2.75) is 45.3 Å². The maximum absolute atomic E-state index is 9.50. The van der Waals surface area contributed by atoms with Crippen molar-refractivity contribution in [2.24, 2.45) is 0 Å². The first-order valence-corrected chi connectivity index (χ1v) is 5.69. The molecule has 1 atom stereocenters. The summed E-state index contributed by atoms with van der Waals surface area (Å²) in [6.07, 6.45) is 8.36. The summed E-state index contributed by atoms with van der Waals surface area (Å²) in [7, 11) is 0. The minimum Gasteiger partial charge on any atom is -0.387 e. The van der Waals surface area contributed by atoms with Gasteiger partial charge in [0.2, 0.25) is 0 Å². The molecule has 1 aromatic rings. The SMILES string of the molecule is C=CCCCCCn1cccc1C(C)O. The zero-order chi connectivity index (χ0) is 11.1. The fraction of sp³-hybridized carbons (Fsp3) is 0.538. The number of hydrogen-bond acceptors (Lipinski definition) is 1. The van der Waals surface area contributed by atoms with E-state index in [0.717, 1.165) is 18.7 Å². The molecule has 0 aliphatic rings. The van der Waals surface area contributed by atoms with Crippen LogP contribution >= 0.6 is 0 Å². The first kappa shape index (κ1) is 12.1. The van der Waals surface area contributed by atoms with Crippen molar-refractivity contribution in [3.8, 4) is 0 Å². The standard InChI is InChI=1S/C13H21NO/c1-3-4-5-6-7-10-14-11-8-9-13(14)12(2)15/h3,8-9,11-12,15H,1,4-7,10H2,2H3. The molecular weight excluding hydrogens is 186 g/mol. The Bertz CT molecular complexity index is 288. The van der Waals surface area contributed by atoms with E-state index in [-0.39, 0.29) is 6.10 Å². The molecule has 0 radical (unpaired) electrons. The van der Waals surface area contributed by atoms with E-state index in [4.69, 9.17) is 0 Å². The molecule has 1 rings (SSSR count). The molecule has 84 valence electrons. The Morgan fingerprint density at radius 2 is 2.27 bits per heavy atom. The number of rotatable bonds is 7. The molecule has 1 N–H and O–H groups in total. The van der Waals surface area contributed by atoms with Gasteiger partial charge >= 0.3 is 0 Å². The Labute approximate surface area is 92.2 Å². The quantitative estimate of drug-likeness (QED) is 0.538. The third-order valence-corrected chi connectivity index (χ3v) is 2.60. The average molecular weight is 207 g/mol. The highest BCUT2D eigenvalue weighted by Gasteiger charge is 2.05. The lowest BCUT2D eigenvalue weighted by molar-refractivity contribution is 0.188. The Kier molecular flexibility index (Phi) is 5.19. The highest BCUT2D eigenvalue weighted by Crippen LogP contribution is 2.14. The summed E-state index contributed by atoms with van der Waals surface area (Å²) in [6, 6.07) is 3.97. The van der Waals surface area contributed by atoms with Crippen molar-refractivity contribution < 1.29 is 5.11 Å². The van der Waals surface area contributed by atoms with Gasteiger partial charge in [-0.25, -0.2) is 0 Å². The van der Waals surface area contributed by atoms with Gasteiger partial charge in [0.1, 0.15) is 0 Å². The van der Waals surface area contributed by atoms with Crippen molar-refractivity contribution in [1.29, 1.82) is 0 Å². The number of nitrogens with zero attached hydrogens (tertiary/aromatic N) is 1. The van der Waals surface area contributed by atoms with Gasteiger partial charge in [0.05, 0.1) is 6.10 Å². The summed E-state index contributed by atoms with van der Waals surface area (Å²) >= 11 is 0. The van der Waals surface area contributed by atoms with Gasteiger partial charge in [0.25, 0.3) is 0 Å². The number of aromatic nitrogens is 1. The fourth-order valence-electron chi connectivity index (χ4n) is 1.76. The zero-order valence-electron chi connectivity index (χ0n) is 9.52. The van der Waals surface area contributed by atoms with E-state index >= 15 is 0 Å². The minimum atomic E-state index is -0.367. The predicted molar refractivity (Wildman–Crippen MR) is 63.7 cm³/mol. The molecule has 1 heterocycles. The van der Waals surface area contributed by atoms with Crippen LogP contribution in [0.2, 0.25) is 0 Å². The third kappa shape index (κ3) is 3.92. The largest absolute Gasteiger partial charge is 0.387 e. The van der Waals surface area contributed by atoms with E-state index in [1.807, 2.05) is 31.3 Å². The first-order valence-electron chi connectivity index (χ1n) is 5.69. The van der Waals surface area contributed by atoms with Gasteiger partial charge in [0, 0.05) is 18.4 Å². The lowest BCUT2D eigenvalue weighted by atomic mass is 10.2. The van der Waals surface area contributed by atoms with E-state index in [9.17, 15) is 5.11 Å². The van der Waals surface area contributed by atoms with E-state index in [1.54, 1.807) is 0 Å². The Morgan fingerprint density at radius 3 is 2.93 bits per heavy atom. The fourth-order valence-corrected chi connectivity index (χ4v) is 1.76. The first-order chi connectivity index (χ1) is 7.25. The van der Waals surface area contributed by atoms with Crippen LogP contribution in [0.4, 0.5) is 0 Å². The van der Waals surface area contributed by atoms with Crippen LogP contribution in [-0.4, -0.2) is 9.67 Å². The van der Waals surface area contributed by atoms with Gasteiger partial charge in [-0.1, -0.05) is 12.5 Å². The second-order valence-electron chi connectivity index (χ2n) is 3.94. The van der Waals surface area contributed by atoms with Gasteiger partial charge in [0.15, 0.2) is 0 Å². The molecule has 0 aliphatic heterocycles. The molecule has 0 amide bonds. The third-order valence-electron chi connectivity index (χ3n) is 2.60. The maximum atomic E-state index is 9.50. The van der Waals surface area contributed by atoms with Gasteiger partial charge in [-0.3, -0.25) is 0 Å². The molecule has 0 aromatic carbocycles. The van der Waals surface area contributed by atoms with Gasteiger partial charge in [-0.15, -0.1) is 6.58 Å². The van der Waals surface area contributed by atoms with Gasteiger partial charge in [-0.05, 0) is 38.3 Å². The van der Waals surface area contributed by atoms with E-state index < -0.39 is 0 Å². The number of unbranched alkanes of at least 4 members (excludes halogenated alkanes) is 3. The van der Waals surface area contributed by atoms with E-state index in [0.29, 0.717) is 0 Å². The number of allylic oxidation sites excluding steroid dienone is 1. The number of aliphatic hydroxyl groups excluding tert-OH is 1. The molecule has 0 bridgehead atoms. The lowest BCUT2D eigenvalue weighted by Crippen LogP contribution is -2.04. The minimum absolute atomic E-state index is 0.367. The van der Waals surface area contributed by atoms with Crippen LogP contribution in [0.1, 0.15) is 44.4 Å². The molecule has 0 aliphatic carbocycles. The van der Waals surface area contributed by atoms with Crippen molar-refractivity contribution in [2.75, 3.05) is 0 Å². The Morgan fingerprint density at radius 1 is 1.47 bits per heavy atom. The van der Waals surface area contributed by atoms with Gasteiger partial charge < -0.3 is 9.67 Å². The van der Waals surface area contributed by atoms with Crippen LogP contribution in [0.5, 0.6) is 0 Å². The molecule has 2 heteroatoms. The lowest BCUT2D eigenvalue weighted by Gasteiger charge is -2.10. The normalized spacial score (nSPS) is 12.7. The molecular formula is C13H21NO. The summed E-state index contributed by atoms with van der Waals surface area (Å²) in [5, 5.41) is 9.50. The topological polar surface area (TPSA) is 25.2 Å². The van der Waals surface area contributed by atoms with Crippen molar-refractivity contribution in [3.63, 3.8) is 0 Å². The molecule has 0 saturated heterocycles. The molecule has 2 nitrogen and oxygen atoms in total. The maximum Gasteiger partial charge on any atom is 0.0911 e. The molecule has 15 heavy (non-hydrogen) atoms. The van der Waals surface area contributed by atoms with E-state index in [2.05, 4.69) is 11.1 Å². The van der Waals surface area contributed by atoms with Crippen molar-refractivity contribution >= 4 is 0 Å². The van der Waals surface area contributed by atoms with Crippen LogP contribution < -0.4 is 0 Å². The van der Waals surface area contributed by atoms with Crippen LogP contribution in [0.15, 0.2) is 31.0 Å². The molecule has 1 aromatic heterocycles. The summed E-state index contributed by atoms with van der Waals surface area (Å²) in [5.41, 5.74) is 1.01. The smallest absolute Gasteiger partial charge is 0.0911 e. The van der Waals surface area contributed by atoms with Crippen LogP contribution in [0.3, 0.4) is 0 Å². The number of aliphatic hydroxyl groups is 1. The average Bonchev–Trinajstić information content (AvgIpc) is 2.66. The summed E-state index contributed by atoms with van der Waals surface area (Å²) in [5.74, 6) is 0. The molecule has 0 fully saturated rings. The molecule has 0 saturated carbocycles. The van der Waals surface area contributed by atoms with Crippen LogP contribution in [0, 0.1) is 0 Å². The number of hydrogen-bond donors (Lipinski definition) is 1. The Hall–Kier alpha value is -1.02. The van der Waals surface area contributed by atoms with Crippen LogP contribution in [0.25, 0.3) is 0 Å². The second kappa shape index (κ2) is 6.46. The Balaban J connectivity index is 2.30. The molecule has 1 unspecified atom stereocenters.